The Labute approximate surface area is 208 Å². The molecule has 176 valence electrons. The minimum absolute atomic E-state index is 0. The van der Waals surface area contributed by atoms with E-state index in [4.69, 9.17) is 11.6 Å². The number of anilines is 2. The van der Waals surface area contributed by atoms with Crippen LogP contribution in [0.1, 0.15) is 11.1 Å². The summed E-state index contributed by atoms with van der Waals surface area (Å²) in [6.07, 6.45) is 1.36. The lowest BCUT2D eigenvalue weighted by molar-refractivity contribution is -0.115. The quantitative estimate of drug-likeness (QED) is 0.569. The van der Waals surface area contributed by atoms with Crippen molar-refractivity contribution in [2.75, 3.05) is 42.9 Å². The van der Waals surface area contributed by atoms with Crippen LogP contribution in [0.2, 0.25) is 5.02 Å². The maximum Gasteiger partial charge on any atom is 0.228 e. The van der Waals surface area contributed by atoms with Gasteiger partial charge < -0.3 is 21.2 Å². The number of hydrogen-bond donors (Lipinski definition) is 1. The van der Waals surface area contributed by atoms with Gasteiger partial charge >= 0.3 is 0 Å². The molecule has 0 radical (unpaired) electrons. The van der Waals surface area contributed by atoms with Gasteiger partial charge in [0.15, 0.2) is 0 Å². The number of nitrogens with one attached hydrogen (secondary N) is 1. The maximum absolute atomic E-state index is 11.6. The number of halogens is 3. The van der Waals surface area contributed by atoms with Crippen LogP contribution in [-0.2, 0) is 17.6 Å². The highest BCUT2D eigenvalue weighted by Crippen LogP contribution is 2.31. The highest BCUT2D eigenvalue weighted by Gasteiger charge is 2.22. The molecule has 1 saturated heterocycles. The van der Waals surface area contributed by atoms with E-state index in [0.29, 0.717) is 6.42 Å². The van der Waals surface area contributed by atoms with Gasteiger partial charge in [0.2, 0.25) is 5.91 Å². The number of hydrogen-bond acceptors (Lipinski definition) is 5. The van der Waals surface area contributed by atoms with Crippen molar-refractivity contribution in [2.24, 2.45) is 0 Å². The van der Waals surface area contributed by atoms with Crippen molar-refractivity contribution < 1.29 is 15.7 Å². The van der Waals surface area contributed by atoms with E-state index in [0.717, 1.165) is 66.8 Å². The second-order valence-electron chi connectivity index (χ2n) is 7.41. The highest BCUT2D eigenvalue weighted by molar-refractivity contribution is 7.13. The molecule has 0 atom stereocenters. The van der Waals surface area contributed by atoms with E-state index in [-0.39, 0.29) is 41.7 Å². The Morgan fingerprint density at radius 3 is 2.53 bits per heavy atom. The monoisotopic (exact) mass is 520 g/mol. The molecular weight excluding hydrogens is 495 g/mol. The van der Waals surface area contributed by atoms with Crippen LogP contribution < -0.4 is 10.2 Å². The Morgan fingerprint density at radius 2 is 1.78 bits per heavy atom. The highest BCUT2D eigenvalue weighted by atomic mass is 35.5. The molecule has 32 heavy (non-hydrogen) atoms. The Kier molecular flexibility index (Phi) is 10.6. The number of nitrogens with zero attached hydrogens (tertiary/aromatic N) is 3. The SMILES string of the molecule is Cl.Cl.O.O.O=C1Cc2cc(CCN3CCN(c4nsc5ccccc45)CC3)c(Cl)cc2N1. The van der Waals surface area contributed by atoms with Gasteiger partial charge in [-0.05, 0) is 47.3 Å². The molecule has 0 bridgehead atoms. The summed E-state index contributed by atoms with van der Waals surface area (Å²) in [5.41, 5.74) is 3.05. The molecule has 0 aliphatic carbocycles. The minimum atomic E-state index is 0. The molecule has 0 saturated carbocycles. The minimum Gasteiger partial charge on any atom is -0.412 e. The van der Waals surface area contributed by atoms with Crippen LogP contribution in [0.4, 0.5) is 11.5 Å². The summed E-state index contributed by atoms with van der Waals surface area (Å²) < 4.78 is 5.94. The van der Waals surface area contributed by atoms with Crippen molar-refractivity contribution in [3.63, 3.8) is 0 Å². The summed E-state index contributed by atoms with van der Waals surface area (Å²) in [4.78, 5) is 16.4. The lowest BCUT2D eigenvalue weighted by Crippen LogP contribution is -2.47. The van der Waals surface area contributed by atoms with Crippen LogP contribution in [0.3, 0.4) is 0 Å². The average molecular weight is 522 g/mol. The number of benzene rings is 2. The van der Waals surface area contributed by atoms with Gasteiger partial charge in [0.1, 0.15) is 5.82 Å². The molecular formula is C21H27Cl3N4O3S. The van der Waals surface area contributed by atoms with Crippen LogP contribution in [-0.4, -0.2) is 58.9 Å². The standard InChI is InChI=1S/C21H21ClN4OS.2ClH.2H2O/c22-17-13-18-15(12-20(27)23-18)11-14(17)5-6-25-7-9-26(10-8-25)21-16-3-1-2-4-19(16)28-24-21;;;;/h1-4,11,13H,5-10,12H2,(H,23,27);2*1H;2*1H2. The Morgan fingerprint density at radius 1 is 1.06 bits per heavy atom. The smallest absolute Gasteiger partial charge is 0.228 e. The van der Waals surface area contributed by atoms with Crippen molar-refractivity contribution in [2.45, 2.75) is 12.8 Å². The first-order chi connectivity index (χ1) is 13.7. The second kappa shape index (κ2) is 12.0. The number of amides is 1. The largest absolute Gasteiger partial charge is 0.412 e. The van der Waals surface area contributed by atoms with Gasteiger partial charge in [-0.2, -0.15) is 4.37 Å². The van der Waals surface area contributed by atoms with Gasteiger partial charge in [-0.1, -0.05) is 29.8 Å². The van der Waals surface area contributed by atoms with E-state index in [1.807, 2.05) is 6.07 Å². The molecule has 3 heterocycles. The third kappa shape index (κ3) is 5.63. The summed E-state index contributed by atoms with van der Waals surface area (Å²) in [6.45, 7) is 5.00. The van der Waals surface area contributed by atoms with Gasteiger partial charge in [-0.15, -0.1) is 24.8 Å². The van der Waals surface area contributed by atoms with E-state index in [2.05, 4.69) is 49.8 Å². The topological polar surface area (TPSA) is 111 Å². The number of piperazine rings is 1. The lowest BCUT2D eigenvalue weighted by atomic mass is 10.1. The van der Waals surface area contributed by atoms with Crippen molar-refractivity contribution in [1.29, 1.82) is 0 Å². The molecule has 1 aromatic heterocycles. The molecule has 2 aromatic carbocycles. The van der Waals surface area contributed by atoms with Gasteiger partial charge in [0.25, 0.3) is 0 Å². The van der Waals surface area contributed by atoms with E-state index < -0.39 is 0 Å². The lowest BCUT2D eigenvalue weighted by Gasteiger charge is -2.35. The van der Waals surface area contributed by atoms with Crippen LogP contribution >= 0.6 is 47.9 Å². The fourth-order valence-electron chi connectivity index (χ4n) is 4.05. The summed E-state index contributed by atoms with van der Waals surface area (Å²) in [5, 5.41) is 4.86. The van der Waals surface area contributed by atoms with Crippen LogP contribution in [0.15, 0.2) is 36.4 Å². The predicted octanol–water partition coefficient (Wildman–Crippen LogP) is 3.00. The number of carbonyl (C=O) groups is 1. The Bertz CT molecular complexity index is 1060. The third-order valence-electron chi connectivity index (χ3n) is 5.62. The Balaban J connectivity index is 0.00000128. The summed E-state index contributed by atoms with van der Waals surface area (Å²) in [5.74, 6) is 1.17. The van der Waals surface area contributed by atoms with E-state index in [1.165, 1.54) is 10.1 Å². The van der Waals surface area contributed by atoms with Crippen LogP contribution in [0.25, 0.3) is 10.1 Å². The number of fused-ring (bicyclic) bond motifs is 2. The molecule has 7 nitrogen and oxygen atoms in total. The van der Waals surface area contributed by atoms with Crippen LogP contribution in [0.5, 0.6) is 0 Å². The third-order valence-corrected chi connectivity index (χ3v) is 6.79. The predicted molar refractivity (Wildman–Crippen MR) is 137 cm³/mol. The molecule has 3 aromatic rings. The van der Waals surface area contributed by atoms with Crippen LogP contribution in [0, 0.1) is 0 Å². The molecule has 11 heteroatoms. The van der Waals surface area contributed by atoms with Gasteiger partial charge in [0, 0.05) is 48.8 Å². The van der Waals surface area contributed by atoms with E-state index in [9.17, 15) is 4.79 Å². The van der Waals surface area contributed by atoms with Crippen molar-refractivity contribution in [1.82, 2.24) is 9.27 Å². The number of rotatable bonds is 4. The fraction of sp³-hybridized carbons (Fsp3) is 0.333. The molecule has 0 spiro atoms. The number of aromatic nitrogens is 1. The van der Waals surface area contributed by atoms with Gasteiger partial charge in [0.05, 0.1) is 11.1 Å². The summed E-state index contributed by atoms with van der Waals surface area (Å²) >= 11 is 8.01. The van der Waals surface area contributed by atoms with Crippen molar-refractivity contribution in [3.05, 3.63) is 52.5 Å². The first-order valence-electron chi connectivity index (χ1n) is 9.60. The molecule has 5 rings (SSSR count). The molecule has 2 aliphatic heterocycles. The number of carbonyl (C=O) groups excluding carboxylic acids is 1. The average Bonchev–Trinajstić information content (AvgIpc) is 3.29. The first-order valence-corrected chi connectivity index (χ1v) is 10.8. The molecule has 0 unspecified atom stereocenters. The van der Waals surface area contributed by atoms with Crippen molar-refractivity contribution in [3.8, 4) is 0 Å². The summed E-state index contributed by atoms with van der Waals surface area (Å²) in [6, 6.07) is 12.4. The van der Waals surface area contributed by atoms with E-state index >= 15 is 0 Å². The summed E-state index contributed by atoms with van der Waals surface area (Å²) in [7, 11) is 0. The van der Waals surface area contributed by atoms with Gasteiger partial charge in [-0.3, -0.25) is 9.69 Å². The fourth-order valence-corrected chi connectivity index (χ4v) is 5.11. The van der Waals surface area contributed by atoms with Gasteiger partial charge in [-0.25, -0.2) is 0 Å². The molecule has 1 amide bonds. The zero-order valence-electron chi connectivity index (χ0n) is 17.3. The molecule has 2 aliphatic rings. The first kappa shape index (κ1) is 28.4. The zero-order chi connectivity index (χ0) is 19.1. The second-order valence-corrected chi connectivity index (χ2v) is 8.62. The van der Waals surface area contributed by atoms with Crippen molar-refractivity contribution >= 4 is 75.4 Å². The molecule has 5 N–H and O–H groups in total. The zero-order valence-corrected chi connectivity index (χ0v) is 20.5. The Hall–Kier alpha value is -1.65. The normalized spacial score (nSPS) is 15.0. The molecule has 1 fully saturated rings. The van der Waals surface area contributed by atoms with E-state index in [1.54, 1.807) is 11.5 Å². The maximum atomic E-state index is 11.6.